The van der Waals surface area contributed by atoms with E-state index in [1.807, 2.05) is 17.5 Å². The van der Waals surface area contributed by atoms with Gasteiger partial charge in [0.25, 0.3) is 5.69 Å². The fourth-order valence-corrected chi connectivity index (χ4v) is 2.46. The largest absolute Gasteiger partial charge is 0.333 e. The molecule has 0 fully saturated rings. The molecule has 1 aromatic heterocycles. The number of carbonyl (C=O) groups is 1. The molecule has 6 nitrogen and oxygen atoms in total. The monoisotopic (exact) mass is 305 g/mol. The molecule has 0 aliphatic rings. The molecule has 2 aromatic rings. The summed E-state index contributed by atoms with van der Waals surface area (Å²) >= 11 is 1.57. The number of amides is 2. The highest BCUT2D eigenvalue weighted by Crippen LogP contribution is 2.18. The zero-order chi connectivity index (χ0) is 15.2. The van der Waals surface area contributed by atoms with Gasteiger partial charge in [-0.2, -0.15) is 0 Å². The van der Waals surface area contributed by atoms with Gasteiger partial charge in [-0.3, -0.25) is 10.1 Å². The number of hydrogen-bond donors (Lipinski definition) is 2. The summed E-state index contributed by atoms with van der Waals surface area (Å²) in [5.41, 5.74) is 0.704. The number of rotatable bonds is 5. The first-order chi connectivity index (χ1) is 10.1. The Hall–Kier alpha value is -2.41. The molecule has 0 saturated carbocycles. The minimum absolute atomic E-state index is 0.0140. The van der Waals surface area contributed by atoms with Crippen molar-refractivity contribution in [3.05, 3.63) is 62.3 Å². The molecule has 0 saturated heterocycles. The fraction of sp³-hybridized carbons (Fsp3) is 0.214. The van der Waals surface area contributed by atoms with Gasteiger partial charge in [0.15, 0.2) is 0 Å². The lowest BCUT2D eigenvalue weighted by Gasteiger charge is -2.14. The zero-order valence-electron chi connectivity index (χ0n) is 11.4. The molecule has 0 radical (unpaired) electrons. The van der Waals surface area contributed by atoms with Gasteiger partial charge in [-0.15, -0.1) is 11.3 Å². The van der Waals surface area contributed by atoms with Crippen molar-refractivity contribution in [3.8, 4) is 0 Å². The molecule has 110 valence electrons. The number of nitrogens with zero attached hydrogens (tertiary/aromatic N) is 1. The number of urea groups is 1. The molecule has 0 spiro atoms. The van der Waals surface area contributed by atoms with Gasteiger partial charge in [0.1, 0.15) is 0 Å². The van der Waals surface area contributed by atoms with Gasteiger partial charge in [0.2, 0.25) is 0 Å². The molecule has 0 aliphatic heterocycles. The molecular formula is C14H15N3O3S. The lowest BCUT2D eigenvalue weighted by Crippen LogP contribution is -2.36. The summed E-state index contributed by atoms with van der Waals surface area (Å²) in [6.45, 7) is 2.24. The first-order valence-electron chi connectivity index (χ1n) is 6.37. The summed E-state index contributed by atoms with van der Waals surface area (Å²) in [7, 11) is 0. The Balaban J connectivity index is 1.91. The van der Waals surface area contributed by atoms with Crippen LogP contribution in [0.4, 0.5) is 10.5 Å². The molecule has 1 aromatic carbocycles. The van der Waals surface area contributed by atoms with Crippen LogP contribution in [0.2, 0.25) is 0 Å². The third-order valence-corrected chi connectivity index (χ3v) is 3.81. The van der Waals surface area contributed by atoms with Crippen molar-refractivity contribution >= 4 is 23.1 Å². The molecule has 1 heterocycles. The number of carbonyl (C=O) groups excluding carboxylic acids is 1. The van der Waals surface area contributed by atoms with Crippen LogP contribution in [0.1, 0.15) is 23.4 Å². The Labute approximate surface area is 126 Å². The van der Waals surface area contributed by atoms with Gasteiger partial charge >= 0.3 is 6.03 Å². The molecule has 1 atom stereocenters. The van der Waals surface area contributed by atoms with Crippen LogP contribution in [0, 0.1) is 10.1 Å². The van der Waals surface area contributed by atoms with E-state index in [2.05, 4.69) is 10.6 Å². The summed E-state index contributed by atoms with van der Waals surface area (Å²) in [6, 6.07) is 9.49. The van der Waals surface area contributed by atoms with Crippen LogP contribution in [0.5, 0.6) is 0 Å². The SMILES string of the molecule is C[C@H](NC(=O)NCc1cccs1)c1cccc([N+](=O)[O-])c1. The topological polar surface area (TPSA) is 84.3 Å². The highest BCUT2D eigenvalue weighted by atomic mass is 32.1. The Morgan fingerprint density at radius 2 is 2.19 bits per heavy atom. The number of thiophene rings is 1. The van der Waals surface area contributed by atoms with Crippen LogP contribution in [-0.4, -0.2) is 11.0 Å². The number of nitro benzene ring substituents is 1. The van der Waals surface area contributed by atoms with Crippen LogP contribution in [-0.2, 0) is 6.54 Å². The van der Waals surface area contributed by atoms with Gasteiger partial charge in [-0.05, 0) is 23.9 Å². The maximum Gasteiger partial charge on any atom is 0.315 e. The number of nitro groups is 1. The van der Waals surface area contributed by atoms with E-state index in [0.717, 1.165) is 4.88 Å². The Morgan fingerprint density at radius 3 is 2.86 bits per heavy atom. The molecule has 0 aliphatic carbocycles. The van der Waals surface area contributed by atoms with Crippen molar-refractivity contribution in [2.24, 2.45) is 0 Å². The number of benzene rings is 1. The fourth-order valence-electron chi connectivity index (χ4n) is 1.82. The third kappa shape index (κ3) is 4.28. The first-order valence-corrected chi connectivity index (χ1v) is 7.25. The van der Waals surface area contributed by atoms with E-state index < -0.39 is 4.92 Å². The van der Waals surface area contributed by atoms with Crippen LogP contribution < -0.4 is 10.6 Å². The van der Waals surface area contributed by atoms with E-state index in [-0.39, 0.29) is 17.8 Å². The second-order valence-electron chi connectivity index (χ2n) is 4.48. The van der Waals surface area contributed by atoms with Gasteiger partial charge in [0, 0.05) is 17.0 Å². The second-order valence-corrected chi connectivity index (χ2v) is 5.51. The summed E-state index contributed by atoms with van der Waals surface area (Å²) < 4.78 is 0. The molecule has 21 heavy (non-hydrogen) atoms. The predicted molar refractivity (Wildman–Crippen MR) is 81.2 cm³/mol. The highest BCUT2D eigenvalue weighted by Gasteiger charge is 2.13. The minimum atomic E-state index is -0.451. The minimum Gasteiger partial charge on any atom is -0.333 e. The molecule has 2 rings (SSSR count). The average molecular weight is 305 g/mol. The summed E-state index contributed by atoms with van der Waals surface area (Å²) in [5, 5.41) is 18.2. The maximum atomic E-state index is 11.8. The normalized spacial score (nSPS) is 11.7. The first kappa shape index (κ1) is 15.0. The van der Waals surface area contributed by atoms with Gasteiger partial charge < -0.3 is 10.6 Å². The van der Waals surface area contributed by atoms with Crippen molar-refractivity contribution in [1.29, 1.82) is 0 Å². The molecule has 0 bridgehead atoms. The highest BCUT2D eigenvalue weighted by molar-refractivity contribution is 7.09. The number of non-ortho nitro benzene ring substituents is 1. The Bertz CT molecular complexity index is 628. The number of nitrogens with one attached hydrogen (secondary N) is 2. The molecule has 2 N–H and O–H groups in total. The van der Waals surface area contributed by atoms with Crippen molar-refractivity contribution in [1.82, 2.24) is 10.6 Å². The Kier molecular flexibility index (Phi) is 4.89. The predicted octanol–water partition coefficient (Wildman–Crippen LogP) is 3.22. The van der Waals surface area contributed by atoms with Crippen molar-refractivity contribution in [2.45, 2.75) is 19.5 Å². The zero-order valence-corrected chi connectivity index (χ0v) is 12.2. The van der Waals surface area contributed by atoms with Crippen LogP contribution >= 0.6 is 11.3 Å². The molecule has 7 heteroatoms. The van der Waals surface area contributed by atoms with E-state index in [9.17, 15) is 14.9 Å². The molecular weight excluding hydrogens is 290 g/mol. The van der Waals surface area contributed by atoms with E-state index in [0.29, 0.717) is 12.1 Å². The van der Waals surface area contributed by atoms with E-state index in [1.165, 1.54) is 12.1 Å². The summed E-state index contributed by atoms with van der Waals surface area (Å²) in [6.07, 6.45) is 0. The maximum absolute atomic E-state index is 11.8. The number of hydrogen-bond acceptors (Lipinski definition) is 4. The van der Waals surface area contributed by atoms with E-state index >= 15 is 0 Å². The summed E-state index contributed by atoms with van der Waals surface area (Å²) in [5.74, 6) is 0. The lowest BCUT2D eigenvalue weighted by atomic mass is 10.1. The van der Waals surface area contributed by atoms with Gasteiger partial charge in [0.05, 0.1) is 17.5 Å². The van der Waals surface area contributed by atoms with Crippen molar-refractivity contribution < 1.29 is 9.72 Å². The van der Waals surface area contributed by atoms with Crippen molar-refractivity contribution in [3.63, 3.8) is 0 Å². The van der Waals surface area contributed by atoms with E-state index in [1.54, 1.807) is 30.4 Å². The van der Waals surface area contributed by atoms with Crippen LogP contribution in [0.15, 0.2) is 41.8 Å². The van der Waals surface area contributed by atoms with E-state index in [4.69, 9.17) is 0 Å². The van der Waals surface area contributed by atoms with Gasteiger partial charge in [-0.25, -0.2) is 4.79 Å². The smallest absolute Gasteiger partial charge is 0.315 e. The van der Waals surface area contributed by atoms with Crippen LogP contribution in [0.25, 0.3) is 0 Å². The standard InChI is InChI=1S/C14H15N3O3S/c1-10(11-4-2-5-12(8-11)17(19)20)16-14(18)15-9-13-6-3-7-21-13/h2-8,10H,9H2,1H3,(H2,15,16,18)/t10-/m0/s1. The quantitative estimate of drug-likeness (QED) is 0.657. The third-order valence-electron chi connectivity index (χ3n) is 2.93. The van der Waals surface area contributed by atoms with Gasteiger partial charge in [-0.1, -0.05) is 18.2 Å². The molecule has 2 amide bonds. The summed E-state index contributed by atoms with van der Waals surface area (Å²) in [4.78, 5) is 23.1. The molecule has 0 unspecified atom stereocenters. The lowest BCUT2D eigenvalue weighted by molar-refractivity contribution is -0.384. The second kappa shape index (κ2) is 6.85. The Morgan fingerprint density at radius 1 is 1.38 bits per heavy atom. The van der Waals surface area contributed by atoms with Crippen molar-refractivity contribution in [2.75, 3.05) is 0 Å². The van der Waals surface area contributed by atoms with Crippen LogP contribution in [0.3, 0.4) is 0 Å². The average Bonchev–Trinajstić information content (AvgIpc) is 2.98.